The second-order valence-electron chi connectivity index (χ2n) is 5.80. The summed E-state index contributed by atoms with van der Waals surface area (Å²) in [4.78, 5) is 16.4. The van der Waals surface area contributed by atoms with Crippen LogP contribution in [-0.4, -0.2) is 49.6 Å². The molecule has 1 aliphatic rings. The van der Waals surface area contributed by atoms with Crippen LogP contribution >= 0.6 is 0 Å². The van der Waals surface area contributed by atoms with Gasteiger partial charge < -0.3 is 10.2 Å². The summed E-state index contributed by atoms with van der Waals surface area (Å²) in [6, 6.07) is 10.1. The molecule has 1 aromatic carbocycles. The summed E-state index contributed by atoms with van der Waals surface area (Å²) in [6.45, 7) is 8.15. The van der Waals surface area contributed by atoms with Gasteiger partial charge in [-0.3, -0.25) is 9.69 Å². The van der Waals surface area contributed by atoms with E-state index in [1.165, 1.54) is 0 Å². The van der Waals surface area contributed by atoms with Gasteiger partial charge in [-0.05, 0) is 37.6 Å². The number of rotatable bonds is 5. The maximum absolute atomic E-state index is 11.9. The first-order valence-corrected chi connectivity index (χ1v) is 7.89. The molecule has 1 saturated heterocycles. The Balaban J connectivity index is 1.80. The fraction of sp³-hybridized carbons (Fsp3) is 0.529. The minimum Gasteiger partial charge on any atom is -0.369 e. The van der Waals surface area contributed by atoms with Crippen molar-refractivity contribution in [2.24, 2.45) is 0 Å². The molecule has 0 aromatic heterocycles. The zero-order valence-electron chi connectivity index (χ0n) is 13.4. The Kier molecular flexibility index (Phi) is 5.79. The van der Waals surface area contributed by atoms with Gasteiger partial charge in [0.25, 0.3) is 0 Å². The number of nitrogens with zero attached hydrogens (tertiary/aromatic N) is 3. The van der Waals surface area contributed by atoms with E-state index in [-0.39, 0.29) is 11.9 Å². The van der Waals surface area contributed by atoms with Gasteiger partial charge in [0, 0.05) is 37.9 Å². The molecule has 0 unspecified atom stereocenters. The van der Waals surface area contributed by atoms with E-state index in [1.54, 1.807) is 0 Å². The van der Waals surface area contributed by atoms with Gasteiger partial charge >= 0.3 is 0 Å². The topological polar surface area (TPSA) is 59.4 Å². The Hall–Kier alpha value is -2.06. The molecule has 1 N–H and O–H groups in total. The molecule has 22 heavy (non-hydrogen) atoms. The largest absolute Gasteiger partial charge is 0.369 e. The highest BCUT2D eigenvalue weighted by atomic mass is 16.2. The van der Waals surface area contributed by atoms with Crippen LogP contribution in [0, 0.1) is 11.3 Å². The van der Waals surface area contributed by atoms with E-state index in [4.69, 9.17) is 5.26 Å². The predicted octanol–water partition coefficient (Wildman–Crippen LogP) is 1.59. The van der Waals surface area contributed by atoms with E-state index in [1.807, 2.05) is 31.2 Å². The maximum atomic E-state index is 11.9. The molecule has 0 bridgehead atoms. The van der Waals surface area contributed by atoms with E-state index in [0.29, 0.717) is 12.1 Å². The van der Waals surface area contributed by atoms with Crippen molar-refractivity contribution in [1.82, 2.24) is 10.2 Å². The molecular formula is C17H24N4O. The average Bonchev–Trinajstić information content (AvgIpc) is 2.55. The number of hydrogen-bond acceptors (Lipinski definition) is 4. The first-order valence-electron chi connectivity index (χ1n) is 7.89. The van der Waals surface area contributed by atoms with E-state index >= 15 is 0 Å². The number of carbonyl (C=O) groups is 1. The van der Waals surface area contributed by atoms with Crippen molar-refractivity contribution in [3.63, 3.8) is 0 Å². The third-order valence-corrected chi connectivity index (χ3v) is 4.12. The van der Waals surface area contributed by atoms with Crippen LogP contribution in [0.1, 0.15) is 25.8 Å². The minimum absolute atomic E-state index is 0.112. The molecule has 5 nitrogen and oxygen atoms in total. The van der Waals surface area contributed by atoms with Crippen LogP contribution in [0.25, 0.3) is 0 Å². The molecule has 1 heterocycles. The van der Waals surface area contributed by atoms with Crippen molar-refractivity contribution >= 4 is 11.6 Å². The lowest BCUT2D eigenvalue weighted by molar-refractivity contribution is -0.122. The quantitative estimate of drug-likeness (QED) is 0.897. The average molecular weight is 300 g/mol. The summed E-state index contributed by atoms with van der Waals surface area (Å²) in [5, 5.41) is 11.8. The number of carbonyl (C=O) groups excluding carboxylic acids is 1. The first kappa shape index (κ1) is 16.3. The molecule has 2 rings (SSSR count). The van der Waals surface area contributed by atoms with Crippen LogP contribution in [0.5, 0.6) is 0 Å². The summed E-state index contributed by atoms with van der Waals surface area (Å²) in [7, 11) is 0. The van der Waals surface area contributed by atoms with Crippen LogP contribution in [0.15, 0.2) is 24.3 Å². The summed E-state index contributed by atoms with van der Waals surface area (Å²) in [6.07, 6.45) is 0.957. The molecule has 0 radical (unpaired) electrons. The van der Waals surface area contributed by atoms with Crippen molar-refractivity contribution in [1.29, 1.82) is 5.26 Å². The summed E-state index contributed by atoms with van der Waals surface area (Å²) < 4.78 is 0. The second kappa shape index (κ2) is 7.81. The Morgan fingerprint density at radius 3 is 2.45 bits per heavy atom. The molecule has 0 aliphatic carbocycles. The van der Waals surface area contributed by atoms with E-state index < -0.39 is 0 Å². The number of hydrogen-bond donors (Lipinski definition) is 1. The molecular weight excluding hydrogens is 276 g/mol. The van der Waals surface area contributed by atoms with Crippen LogP contribution < -0.4 is 10.2 Å². The number of amides is 1. The Morgan fingerprint density at radius 1 is 1.27 bits per heavy atom. The number of benzene rings is 1. The molecule has 118 valence electrons. The van der Waals surface area contributed by atoms with Gasteiger partial charge in [-0.1, -0.05) is 6.92 Å². The van der Waals surface area contributed by atoms with Crippen LogP contribution in [0.4, 0.5) is 5.69 Å². The molecule has 0 saturated carbocycles. The third-order valence-electron chi connectivity index (χ3n) is 4.12. The number of anilines is 1. The molecule has 0 spiro atoms. The van der Waals surface area contributed by atoms with Crippen molar-refractivity contribution in [2.75, 3.05) is 37.6 Å². The highest BCUT2D eigenvalue weighted by Crippen LogP contribution is 2.17. The third kappa shape index (κ3) is 4.47. The molecule has 1 fully saturated rings. The smallest absolute Gasteiger partial charge is 0.234 e. The zero-order chi connectivity index (χ0) is 15.9. The van der Waals surface area contributed by atoms with Gasteiger partial charge in [0.1, 0.15) is 0 Å². The van der Waals surface area contributed by atoms with Crippen molar-refractivity contribution < 1.29 is 4.79 Å². The van der Waals surface area contributed by atoms with Gasteiger partial charge in [-0.15, -0.1) is 0 Å². The molecule has 1 atom stereocenters. The lowest BCUT2D eigenvalue weighted by Gasteiger charge is -2.35. The minimum atomic E-state index is 0.112. The van der Waals surface area contributed by atoms with Crippen LogP contribution in [0.2, 0.25) is 0 Å². The fourth-order valence-corrected chi connectivity index (χ4v) is 2.54. The van der Waals surface area contributed by atoms with Gasteiger partial charge in [0.05, 0.1) is 18.2 Å². The highest BCUT2D eigenvalue weighted by Gasteiger charge is 2.19. The second-order valence-corrected chi connectivity index (χ2v) is 5.80. The van der Waals surface area contributed by atoms with Crippen LogP contribution in [-0.2, 0) is 4.79 Å². The normalized spacial score (nSPS) is 16.9. The molecule has 1 aromatic rings. The maximum Gasteiger partial charge on any atom is 0.234 e. The van der Waals surface area contributed by atoms with Crippen molar-refractivity contribution in [3.05, 3.63) is 29.8 Å². The fourth-order valence-electron chi connectivity index (χ4n) is 2.54. The standard InChI is InChI=1S/C17H24N4O/c1-3-14(2)19-17(22)13-20-8-10-21(11-9-20)16-6-4-15(12-18)5-7-16/h4-7,14H,3,8-11,13H2,1-2H3,(H,19,22)/t14-/m0/s1. The van der Waals surface area contributed by atoms with E-state index in [0.717, 1.165) is 38.3 Å². The molecule has 1 aliphatic heterocycles. The van der Waals surface area contributed by atoms with Crippen molar-refractivity contribution in [3.8, 4) is 6.07 Å². The monoisotopic (exact) mass is 300 g/mol. The first-order chi connectivity index (χ1) is 10.6. The van der Waals surface area contributed by atoms with Gasteiger partial charge in [0.2, 0.25) is 5.91 Å². The Morgan fingerprint density at radius 2 is 1.91 bits per heavy atom. The molecule has 1 amide bonds. The number of nitriles is 1. The van der Waals surface area contributed by atoms with Gasteiger partial charge in [0.15, 0.2) is 0 Å². The summed E-state index contributed by atoms with van der Waals surface area (Å²) in [5.74, 6) is 0.112. The van der Waals surface area contributed by atoms with Gasteiger partial charge in [-0.25, -0.2) is 0 Å². The molecule has 5 heteroatoms. The Labute approximate surface area is 132 Å². The predicted molar refractivity (Wildman–Crippen MR) is 87.7 cm³/mol. The highest BCUT2D eigenvalue weighted by molar-refractivity contribution is 5.78. The zero-order valence-corrected chi connectivity index (χ0v) is 13.4. The SMILES string of the molecule is CC[C@H](C)NC(=O)CN1CCN(c2ccc(C#N)cc2)CC1. The van der Waals surface area contributed by atoms with E-state index in [2.05, 4.69) is 28.1 Å². The number of nitrogens with one attached hydrogen (secondary N) is 1. The number of piperazine rings is 1. The lowest BCUT2D eigenvalue weighted by atomic mass is 10.2. The van der Waals surface area contributed by atoms with E-state index in [9.17, 15) is 4.79 Å². The summed E-state index contributed by atoms with van der Waals surface area (Å²) in [5.41, 5.74) is 1.83. The van der Waals surface area contributed by atoms with Crippen molar-refractivity contribution in [2.45, 2.75) is 26.3 Å². The van der Waals surface area contributed by atoms with Gasteiger partial charge in [-0.2, -0.15) is 5.26 Å². The van der Waals surface area contributed by atoms with Crippen LogP contribution in [0.3, 0.4) is 0 Å². The summed E-state index contributed by atoms with van der Waals surface area (Å²) >= 11 is 0. The lowest BCUT2D eigenvalue weighted by Crippen LogP contribution is -2.50. The Bertz CT molecular complexity index is 527.